The SMILES string of the molecule is O=C(c1ccccc1)N(c1ccccc1)c1nc2ccc(I)cc2c(=O)n1C(=O)c1ccccc1. The summed E-state index contributed by atoms with van der Waals surface area (Å²) in [5.41, 5.74) is 1.03. The highest BCUT2D eigenvalue weighted by Crippen LogP contribution is 2.28. The number of amides is 1. The van der Waals surface area contributed by atoms with Crippen molar-refractivity contribution in [1.82, 2.24) is 9.55 Å². The van der Waals surface area contributed by atoms with Crippen LogP contribution in [0, 0.1) is 3.57 Å². The van der Waals surface area contributed by atoms with Crippen LogP contribution in [0.1, 0.15) is 20.7 Å². The molecule has 5 aromatic rings. The van der Waals surface area contributed by atoms with Crippen LogP contribution in [0.15, 0.2) is 114 Å². The average molecular weight is 571 g/mol. The van der Waals surface area contributed by atoms with Crippen molar-refractivity contribution < 1.29 is 9.59 Å². The highest BCUT2D eigenvalue weighted by Gasteiger charge is 2.28. The Morgan fingerprint density at radius 1 is 0.743 bits per heavy atom. The molecule has 0 saturated heterocycles. The van der Waals surface area contributed by atoms with Crippen LogP contribution in [0.2, 0.25) is 0 Å². The van der Waals surface area contributed by atoms with E-state index < -0.39 is 17.4 Å². The third kappa shape index (κ3) is 4.38. The maximum atomic E-state index is 13.8. The maximum absolute atomic E-state index is 13.8. The van der Waals surface area contributed by atoms with Crippen LogP contribution in [0.4, 0.5) is 11.6 Å². The van der Waals surface area contributed by atoms with Crippen molar-refractivity contribution in [3.8, 4) is 0 Å². The molecule has 0 atom stereocenters. The smallest absolute Gasteiger partial charge is 0.268 e. The minimum Gasteiger partial charge on any atom is -0.268 e. The highest BCUT2D eigenvalue weighted by molar-refractivity contribution is 14.1. The molecule has 0 unspecified atom stereocenters. The van der Waals surface area contributed by atoms with E-state index in [1.54, 1.807) is 91.0 Å². The second-order valence-electron chi connectivity index (χ2n) is 7.73. The fourth-order valence-electron chi connectivity index (χ4n) is 3.80. The van der Waals surface area contributed by atoms with Crippen molar-refractivity contribution >= 4 is 56.9 Å². The van der Waals surface area contributed by atoms with E-state index in [9.17, 15) is 14.4 Å². The normalized spacial score (nSPS) is 10.8. The van der Waals surface area contributed by atoms with E-state index in [4.69, 9.17) is 4.98 Å². The first-order valence-corrected chi connectivity index (χ1v) is 11.9. The van der Waals surface area contributed by atoms with E-state index in [2.05, 4.69) is 22.6 Å². The number of rotatable bonds is 4. The van der Waals surface area contributed by atoms with Gasteiger partial charge in [-0.1, -0.05) is 54.6 Å². The molecule has 1 heterocycles. The van der Waals surface area contributed by atoms with Crippen LogP contribution in [-0.4, -0.2) is 21.4 Å². The number of benzene rings is 4. The summed E-state index contributed by atoms with van der Waals surface area (Å²) in [5.74, 6) is -1.05. The minimum absolute atomic E-state index is 0.0717. The van der Waals surface area contributed by atoms with Crippen molar-refractivity contribution in [2.45, 2.75) is 0 Å². The standard InChI is InChI=1S/C28H18IN3O3/c29-21-16-17-24-23(18-21)27(35)32(26(34)20-12-6-2-7-13-20)28(30-24)31(22-14-8-3-9-15-22)25(33)19-10-4-1-5-11-19/h1-18H. The predicted molar refractivity (Wildman–Crippen MR) is 144 cm³/mol. The molecule has 170 valence electrons. The average Bonchev–Trinajstić information content (AvgIpc) is 2.91. The van der Waals surface area contributed by atoms with Gasteiger partial charge in [-0.25, -0.2) is 14.5 Å². The molecule has 0 saturated carbocycles. The molecule has 35 heavy (non-hydrogen) atoms. The van der Waals surface area contributed by atoms with Crippen LogP contribution < -0.4 is 10.5 Å². The summed E-state index contributed by atoms with van der Waals surface area (Å²) in [6.07, 6.45) is 0. The molecule has 4 aromatic carbocycles. The van der Waals surface area contributed by atoms with Gasteiger partial charge < -0.3 is 0 Å². The van der Waals surface area contributed by atoms with Crippen LogP contribution >= 0.6 is 22.6 Å². The summed E-state index contributed by atoms with van der Waals surface area (Å²) in [6, 6.07) is 31.3. The third-order valence-corrected chi connectivity index (χ3v) is 6.15. The molecule has 0 fully saturated rings. The Bertz CT molecular complexity index is 1600. The lowest BCUT2D eigenvalue weighted by atomic mass is 10.1. The topological polar surface area (TPSA) is 72.3 Å². The summed E-state index contributed by atoms with van der Waals surface area (Å²) >= 11 is 2.11. The summed E-state index contributed by atoms with van der Waals surface area (Å²) in [6.45, 7) is 0. The van der Waals surface area contributed by atoms with Gasteiger partial charge in [-0.15, -0.1) is 0 Å². The summed E-state index contributed by atoms with van der Waals surface area (Å²) in [7, 11) is 0. The summed E-state index contributed by atoms with van der Waals surface area (Å²) in [4.78, 5) is 47.3. The first-order chi connectivity index (χ1) is 17.0. The second-order valence-corrected chi connectivity index (χ2v) is 8.97. The van der Waals surface area contributed by atoms with Gasteiger partial charge in [0.1, 0.15) is 0 Å². The number of hydrogen-bond acceptors (Lipinski definition) is 4. The van der Waals surface area contributed by atoms with E-state index in [0.717, 1.165) is 8.14 Å². The lowest BCUT2D eigenvalue weighted by Gasteiger charge is -2.25. The van der Waals surface area contributed by atoms with Gasteiger partial charge >= 0.3 is 0 Å². The number of aromatic nitrogens is 2. The van der Waals surface area contributed by atoms with Gasteiger partial charge in [-0.2, -0.15) is 0 Å². The fourth-order valence-corrected chi connectivity index (χ4v) is 4.29. The van der Waals surface area contributed by atoms with Crippen LogP contribution in [0.25, 0.3) is 10.9 Å². The van der Waals surface area contributed by atoms with Gasteiger partial charge in [0.2, 0.25) is 5.95 Å². The molecule has 6 nitrogen and oxygen atoms in total. The Kier molecular flexibility index (Phi) is 6.24. The lowest BCUT2D eigenvalue weighted by molar-refractivity contribution is 0.0955. The highest BCUT2D eigenvalue weighted by atomic mass is 127. The van der Waals surface area contributed by atoms with Gasteiger partial charge in [0, 0.05) is 14.7 Å². The van der Waals surface area contributed by atoms with E-state index in [1.807, 2.05) is 18.2 Å². The zero-order valence-electron chi connectivity index (χ0n) is 18.3. The van der Waals surface area contributed by atoms with Crippen LogP contribution in [-0.2, 0) is 0 Å². The Labute approximate surface area is 214 Å². The zero-order valence-corrected chi connectivity index (χ0v) is 20.5. The molecule has 5 rings (SSSR count). The number of nitrogens with zero attached hydrogens (tertiary/aromatic N) is 3. The van der Waals surface area contributed by atoms with E-state index >= 15 is 0 Å². The first kappa shape index (κ1) is 22.7. The molecule has 1 amide bonds. The van der Waals surface area contributed by atoms with Crippen LogP contribution in [0.5, 0.6) is 0 Å². The third-order valence-electron chi connectivity index (χ3n) is 5.47. The molecular weight excluding hydrogens is 553 g/mol. The number of hydrogen-bond donors (Lipinski definition) is 0. The molecule has 0 aliphatic heterocycles. The molecule has 0 radical (unpaired) electrons. The molecule has 0 aliphatic rings. The fraction of sp³-hybridized carbons (Fsp3) is 0. The van der Waals surface area contributed by atoms with Gasteiger partial charge in [0.05, 0.1) is 16.6 Å². The molecular formula is C28H18IN3O3. The number of para-hydroxylation sites is 1. The van der Waals surface area contributed by atoms with Crippen molar-refractivity contribution in [2.24, 2.45) is 0 Å². The summed E-state index contributed by atoms with van der Waals surface area (Å²) in [5, 5.41) is 0.296. The Balaban J connectivity index is 1.84. The van der Waals surface area contributed by atoms with E-state index in [1.165, 1.54) is 4.90 Å². The largest absolute Gasteiger partial charge is 0.269 e. The number of anilines is 2. The van der Waals surface area contributed by atoms with Crippen molar-refractivity contribution in [3.63, 3.8) is 0 Å². The zero-order chi connectivity index (χ0) is 24.4. The van der Waals surface area contributed by atoms with Gasteiger partial charge in [0.25, 0.3) is 17.4 Å². The lowest BCUT2D eigenvalue weighted by Crippen LogP contribution is -2.37. The number of halogens is 1. The quantitative estimate of drug-likeness (QED) is 0.261. The van der Waals surface area contributed by atoms with Crippen molar-refractivity contribution in [2.75, 3.05) is 4.90 Å². The van der Waals surface area contributed by atoms with Gasteiger partial charge in [-0.05, 0) is 77.2 Å². The molecule has 7 heteroatoms. The first-order valence-electron chi connectivity index (χ1n) is 10.8. The Morgan fingerprint density at radius 2 is 1.31 bits per heavy atom. The molecule has 0 spiro atoms. The molecule has 0 aliphatic carbocycles. The summed E-state index contributed by atoms with van der Waals surface area (Å²) < 4.78 is 1.82. The van der Waals surface area contributed by atoms with E-state index in [-0.39, 0.29) is 5.95 Å². The van der Waals surface area contributed by atoms with Gasteiger partial charge in [0.15, 0.2) is 0 Å². The Hall–Kier alpha value is -4.11. The predicted octanol–water partition coefficient (Wildman–Crippen LogP) is 5.67. The number of carbonyl (C=O) groups excluding carboxylic acids is 2. The second kappa shape index (κ2) is 9.63. The monoisotopic (exact) mass is 571 g/mol. The van der Waals surface area contributed by atoms with Crippen molar-refractivity contribution in [3.05, 3.63) is 134 Å². The molecule has 0 bridgehead atoms. The van der Waals surface area contributed by atoms with Gasteiger partial charge in [-0.3, -0.25) is 14.4 Å². The number of carbonyl (C=O) groups is 2. The Morgan fingerprint density at radius 3 is 1.94 bits per heavy atom. The minimum atomic E-state index is -0.569. The molecule has 0 N–H and O–H groups in total. The van der Waals surface area contributed by atoms with Crippen molar-refractivity contribution in [1.29, 1.82) is 0 Å². The molecule has 1 aromatic heterocycles. The van der Waals surface area contributed by atoms with Crippen LogP contribution in [0.3, 0.4) is 0 Å². The number of fused-ring (bicyclic) bond motifs is 1. The maximum Gasteiger partial charge on any atom is 0.269 e. The van der Waals surface area contributed by atoms with E-state index in [0.29, 0.717) is 27.7 Å².